The van der Waals surface area contributed by atoms with E-state index in [1.54, 1.807) is 0 Å². The second-order valence-electron chi connectivity index (χ2n) is 4.46. The van der Waals surface area contributed by atoms with Gasteiger partial charge in [-0.15, -0.1) is 0 Å². The van der Waals surface area contributed by atoms with Crippen molar-refractivity contribution in [2.45, 2.75) is 46.3 Å². The molecule has 0 aliphatic rings. The van der Waals surface area contributed by atoms with Gasteiger partial charge in [0.2, 0.25) is 0 Å². The van der Waals surface area contributed by atoms with Crippen molar-refractivity contribution < 1.29 is 5.11 Å². The first-order chi connectivity index (χ1) is 7.63. The highest BCUT2D eigenvalue weighted by Gasteiger charge is 2.01. The Balaban J connectivity index is 2.32. The van der Waals surface area contributed by atoms with Gasteiger partial charge in [0.1, 0.15) is 0 Å². The Morgan fingerprint density at radius 3 is 2.69 bits per heavy atom. The van der Waals surface area contributed by atoms with Crippen molar-refractivity contribution in [1.82, 2.24) is 5.32 Å². The molecule has 0 aliphatic heterocycles. The quantitative estimate of drug-likeness (QED) is 0.724. The number of nitrogens with one attached hydrogen (secondary N) is 1. The highest BCUT2D eigenvalue weighted by Crippen LogP contribution is 2.10. The van der Waals surface area contributed by atoms with E-state index >= 15 is 0 Å². The van der Waals surface area contributed by atoms with Crippen LogP contribution in [-0.4, -0.2) is 17.8 Å². The molecule has 0 spiro atoms. The van der Waals surface area contributed by atoms with Crippen molar-refractivity contribution in [2.75, 3.05) is 6.54 Å². The van der Waals surface area contributed by atoms with E-state index < -0.39 is 0 Å². The van der Waals surface area contributed by atoms with Crippen LogP contribution in [0.25, 0.3) is 0 Å². The monoisotopic (exact) mass is 221 g/mol. The van der Waals surface area contributed by atoms with E-state index in [4.69, 9.17) is 0 Å². The van der Waals surface area contributed by atoms with Crippen LogP contribution in [0.1, 0.15) is 36.5 Å². The first-order valence-corrected chi connectivity index (χ1v) is 6.08. The van der Waals surface area contributed by atoms with Gasteiger partial charge < -0.3 is 10.4 Å². The van der Waals surface area contributed by atoms with Gasteiger partial charge in [-0.2, -0.15) is 0 Å². The molecule has 1 unspecified atom stereocenters. The van der Waals surface area contributed by atoms with Gasteiger partial charge in [-0.1, -0.05) is 30.7 Å². The van der Waals surface area contributed by atoms with Crippen molar-refractivity contribution >= 4 is 0 Å². The van der Waals surface area contributed by atoms with Gasteiger partial charge in [-0.25, -0.2) is 0 Å². The maximum absolute atomic E-state index is 9.41. The van der Waals surface area contributed by atoms with E-state index in [-0.39, 0.29) is 6.10 Å². The maximum Gasteiger partial charge on any atom is 0.0549 e. The third-order valence-electron chi connectivity index (χ3n) is 2.94. The number of benzene rings is 1. The SMILES string of the molecule is CCC(O)CCNCc1ccc(C)cc1C. The van der Waals surface area contributed by atoms with Crippen molar-refractivity contribution in [1.29, 1.82) is 0 Å². The second kappa shape index (κ2) is 6.66. The summed E-state index contributed by atoms with van der Waals surface area (Å²) in [5.74, 6) is 0. The van der Waals surface area contributed by atoms with Crippen LogP contribution in [-0.2, 0) is 6.54 Å². The number of aliphatic hydroxyl groups excluding tert-OH is 1. The lowest BCUT2D eigenvalue weighted by Crippen LogP contribution is -2.20. The molecule has 2 N–H and O–H groups in total. The summed E-state index contributed by atoms with van der Waals surface area (Å²) in [5.41, 5.74) is 3.99. The molecule has 0 aliphatic carbocycles. The fraction of sp³-hybridized carbons (Fsp3) is 0.571. The molecular formula is C14H23NO. The molecule has 0 aromatic heterocycles. The summed E-state index contributed by atoms with van der Waals surface area (Å²) in [6.45, 7) is 8.03. The molecule has 1 aromatic rings. The fourth-order valence-electron chi connectivity index (χ4n) is 1.74. The van der Waals surface area contributed by atoms with Gasteiger partial charge in [0.25, 0.3) is 0 Å². The summed E-state index contributed by atoms with van der Waals surface area (Å²) < 4.78 is 0. The van der Waals surface area contributed by atoms with Crippen molar-refractivity contribution in [3.8, 4) is 0 Å². The fourth-order valence-corrected chi connectivity index (χ4v) is 1.74. The zero-order valence-electron chi connectivity index (χ0n) is 10.6. The molecular weight excluding hydrogens is 198 g/mol. The smallest absolute Gasteiger partial charge is 0.0549 e. The normalized spacial score (nSPS) is 12.8. The lowest BCUT2D eigenvalue weighted by atomic mass is 10.1. The van der Waals surface area contributed by atoms with Gasteiger partial charge in [0, 0.05) is 6.54 Å². The predicted molar refractivity (Wildman–Crippen MR) is 68.5 cm³/mol. The maximum atomic E-state index is 9.41. The standard InChI is InChI=1S/C14H23NO/c1-4-14(16)7-8-15-10-13-6-5-11(2)9-12(13)3/h5-6,9,14-16H,4,7-8,10H2,1-3H3. The van der Waals surface area contributed by atoms with E-state index in [9.17, 15) is 5.11 Å². The molecule has 90 valence electrons. The van der Waals surface area contributed by atoms with Crippen LogP contribution in [0.2, 0.25) is 0 Å². The third-order valence-corrected chi connectivity index (χ3v) is 2.94. The van der Waals surface area contributed by atoms with Crippen molar-refractivity contribution in [3.05, 3.63) is 34.9 Å². The summed E-state index contributed by atoms with van der Waals surface area (Å²) in [5, 5.41) is 12.8. The van der Waals surface area contributed by atoms with Crippen LogP contribution in [0.4, 0.5) is 0 Å². The Morgan fingerprint density at radius 2 is 2.06 bits per heavy atom. The number of aliphatic hydroxyl groups is 1. The van der Waals surface area contributed by atoms with E-state index in [0.29, 0.717) is 0 Å². The number of aryl methyl sites for hydroxylation is 2. The van der Waals surface area contributed by atoms with E-state index in [1.165, 1.54) is 16.7 Å². The molecule has 0 amide bonds. The van der Waals surface area contributed by atoms with Crippen LogP contribution in [0.5, 0.6) is 0 Å². The summed E-state index contributed by atoms with van der Waals surface area (Å²) in [6.07, 6.45) is 1.51. The molecule has 16 heavy (non-hydrogen) atoms. The molecule has 0 fully saturated rings. The van der Waals surface area contributed by atoms with Gasteiger partial charge in [0.05, 0.1) is 6.10 Å². The Kier molecular flexibility index (Phi) is 5.50. The van der Waals surface area contributed by atoms with Crippen LogP contribution in [0.3, 0.4) is 0 Å². The molecule has 0 saturated carbocycles. The Hall–Kier alpha value is -0.860. The first kappa shape index (κ1) is 13.2. The average molecular weight is 221 g/mol. The number of rotatable bonds is 6. The van der Waals surface area contributed by atoms with Gasteiger partial charge >= 0.3 is 0 Å². The zero-order valence-corrected chi connectivity index (χ0v) is 10.6. The molecule has 1 aromatic carbocycles. The van der Waals surface area contributed by atoms with E-state index in [1.807, 2.05) is 6.92 Å². The Labute approximate surface area is 98.7 Å². The molecule has 0 radical (unpaired) electrons. The molecule has 2 heteroatoms. The number of hydrogen-bond acceptors (Lipinski definition) is 2. The molecule has 2 nitrogen and oxygen atoms in total. The summed E-state index contributed by atoms with van der Waals surface area (Å²) >= 11 is 0. The topological polar surface area (TPSA) is 32.3 Å². The van der Waals surface area contributed by atoms with Crippen LogP contribution in [0.15, 0.2) is 18.2 Å². The molecule has 1 rings (SSSR count). The molecule has 1 atom stereocenters. The Bertz CT molecular complexity index is 323. The average Bonchev–Trinajstić information content (AvgIpc) is 2.26. The van der Waals surface area contributed by atoms with Crippen molar-refractivity contribution in [3.63, 3.8) is 0 Å². The third kappa shape index (κ3) is 4.33. The van der Waals surface area contributed by atoms with E-state index in [0.717, 1.165) is 25.9 Å². The highest BCUT2D eigenvalue weighted by atomic mass is 16.3. The highest BCUT2D eigenvalue weighted by molar-refractivity contribution is 5.30. The summed E-state index contributed by atoms with van der Waals surface area (Å²) in [4.78, 5) is 0. The second-order valence-corrected chi connectivity index (χ2v) is 4.46. The minimum Gasteiger partial charge on any atom is -0.393 e. The largest absolute Gasteiger partial charge is 0.393 e. The van der Waals surface area contributed by atoms with Crippen LogP contribution >= 0.6 is 0 Å². The van der Waals surface area contributed by atoms with Crippen LogP contribution < -0.4 is 5.32 Å². The minimum atomic E-state index is -0.161. The summed E-state index contributed by atoms with van der Waals surface area (Å²) in [7, 11) is 0. The van der Waals surface area contributed by atoms with Gasteiger partial charge in [-0.3, -0.25) is 0 Å². The zero-order chi connectivity index (χ0) is 12.0. The number of hydrogen-bond donors (Lipinski definition) is 2. The summed E-state index contributed by atoms with van der Waals surface area (Å²) in [6, 6.07) is 6.52. The van der Waals surface area contributed by atoms with Crippen LogP contribution in [0, 0.1) is 13.8 Å². The lowest BCUT2D eigenvalue weighted by Gasteiger charge is -2.10. The van der Waals surface area contributed by atoms with Crippen molar-refractivity contribution in [2.24, 2.45) is 0 Å². The van der Waals surface area contributed by atoms with Gasteiger partial charge in [-0.05, 0) is 44.4 Å². The molecule has 0 heterocycles. The minimum absolute atomic E-state index is 0.161. The molecule has 0 bridgehead atoms. The Morgan fingerprint density at radius 1 is 1.31 bits per heavy atom. The molecule has 0 saturated heterocycles. The van der Waals surface area contributed by atoms with E-state index in [2.05, 4.69) is 37.4 Å². The van der Waals surface area contributed by atoms with Gasteiger partial charge in [0.15, 0.2) is 0 Å². The lowest BCUT2D eigenvalue weighted by molar-refractivity contribution is 0.159. The predicted octanol–water partition coefficient (Wildman–Crippen LogP) is 2.55. The first-order valence-electron chi connectivity index (χ1n) is 6.08.